The Morgan fingerprint density at radius 2 is 1.85 bits per heavy atom. The number of hydrogen-bond donors (Lipinski definition) is 1. The van der Waals surface area contributed by atoms with Crippen LogP contribution in [0.1, 0.15) is 28.9 Å². The number of ether oxygens (including phenoxy) is 2. The Morgan fingerprint density at radius 1 is 1.15 bits per heavy atom. The third kappa shape index (κ3) is 4.21. The minimum absolute atomic E-state index is 0.232. The standard InChI is InChI=1S/C19H21ClN4O3/c20-15-3-1-14(2-4-15)12-21-18(25)16-11-17(23-13-22-16)24-7-5-19(6-8-24)26-9-10-27-19/h1-4,11,13H,5-10,12H2,(H,21,25). The van der Waals surface area contributed by atoms with E-state index in [-0.39, 0.29) is 5.91 Å². The molecule has 7 nitrogen and oxygen atoms in total. The number of nitrogens with zero attached hydrogens (tertiary/aromatic N) is 3. The molecular formula is C19H21ClN4O3. The Morgan fingerprint density at radius 3 is 2.56 bits per heavy atom. The van der Waals surface area contributed by atoms with Crippen molar-refractivity contribution in [2.24, 2.45) is 0 Å². The van der Waals surface area contributed by atoms with Crippen LogP contribution in [0.3, 0.4) is 0 Å². The van der Waals surface area contributed by atoms with E-state index in [9.17, 15) is 4.79 Å². The molecule has 0 aliphatic carbocycles. The normalized spacial score (nSPS) is 18.6. The van der Waals surface area contributed by atoms with E-state index in [1.54, 1.807) is 18.2 Å². The summed E-state index contributed by atoms with van der Waals surface area (Å²) >= 11 is 5.88. The molecule has 0 unspecified atom stereocenters. The van der Waals surface area contributed by atoms with Gasteiger partial charge in [0.25, 0.3) is 5.91 Å². The number of carbonyl (C=O) groups is 1. The predicted molar refractivity (Wildman–Crippen MR) is 101 cm³/mol. The SMILES string of the molecule is O=C(NCc1ccc(Cl)cc1)c1cc(N2CCC3(CC2)OCCO3)ncn1. The van der Waals surface area contributed by atoms with Gasteiger partial charge in [-0.2, -0.15) is 0 Å². The van der Waals surface area contributed by atoms with Crippen LogP contribution in [-0.4, -0.2) is 48.0 Å². The molecule has 1 aromatic heterocycles. The van der Waals surface area contributed by atoms with Crippen LogP contribution in [-0.2, 0) is 16.0 Å². The van der Waals surface area contributed by atoms with Gasteiger partial charge in [-0.05, 0) is 17.7 Å². The zero-order valence-corrected chi connectivity index (χ0v) is 15.6. The molecule has 3 heterocycles. The lowest BCUT2D eigenvalue weighted by Gasteiger charge is -2.38. The van der Waals surface area contributed by atoms with Crippen LogP contribution in [0.25, 0.3) is 0 Å². The summed E-state index contributed by atoms with van der Waals surface area (Å²) in [4.78, 5) is 23.0. The average Bonchev–Trinajstić information content (AvgIpc) is 3.16. The highest BCUT2D eigenvalue weighted by Gasteiger charge is 2.40. The van der Waals surface area contributed by atoms with E-state index >= 15 is 0 Å². The number of carbonyl (C=O) groups excluding carboxylic acids is 1. The van der Waals surface area contributed by atoms with Crippen molar-refractivity contribution >= 4 is 23.3 Å². The van der Waals surface area contributed by atoms with Gasteiger partial charge in [0.2, 0.25) is 0 Å². The molecule has 8 heteroatoms. The van der Waals surface area contributed by atoms with Crippen molar-refractivity contribution in [2.75, 3.05) is 31.2 Å². The first-order valence-electron chi connectivity index (χ1n) is 9.01. The Balaban J connectivity index is 1.37. The second-order valence-electron chi connectivity index (χ2n) is 6.67. The van der Waals surface area contributed by atoms with Gasteiger partial charge in [0.1, 0.15) is 17.8 Å². The number of hydrogen-bond acceptors (Lipinski definition) is 6. The van der Waals surface area contributed by atoms with Crippen LogP contribution in [0.2, 0.25) is 5.02 Å². The van der Waals surface area contributed by atoms with Gasteiger partial charge in [-0.15, -0.1) is 0 Å². The van der Waals surface area contributed by atoms with Crippen LogP contribution in [0.15, 0.2) is 36.7 Å². The fraction of sp³-hybridized carbons (Fsp3) is 0.421. The first-order chi connectivity index (χ1) is 13.1. The highest BCUT2D eigenvalue weighted by atomic mass is 35.5. The highest BCUT2D eigenvalue weighted by molar-refractivity contribution is 6.30. The van der Waals surface area contributed by atoms with Gasteiger partial charge in [0.05, 0.1) is 13.2 Å². The van der Waals surface area contributed by atoms with Crippen LogP contribution in [0.4, 0.5) is 5.82 Å². The topological polar surface area (TPSA) is 76.6 Å². The molecule has 4 rings (SSSR count). The first-order valence-corrected chi connectivity index (χ1v) is 9.39. The highest BCUT2D eigenvalue weighted by Crippen LogP contribution is 2.32. The van der Waals surface area contributed by atoms with E-state index in [2.05, 4.69) is 20.2 Å². The number of benzene rings is 1. The molecule has 0 saturated carbocycles. The van der Waals surface area contributed by atoms with E-state index in [0.29, 0.717) is 30.5 Å². The number of amides is 1. The van der Waals surface area contributed by atoms with E-state index in [1.165, 1.54) is 6.33 Å². The van der Waals surface area contributed by atoms with Crippen molar-refractivity contribution in [3.05, 3.63) is 52.9 Å². The molecule has 2 aliphatic heterocycles. The van der Waals surface area contributed by atoms with E-state index < -0.39 is 5.79 Å². The summed E-state index contributed by atoms with van der Waals surface area (Å²) in [5.41, 5.74) is 1.32. The van der Waals surface area contributed by atoms with Crippen LogP contribution < -0.4 is 10.2 Å². The van der Waals surface area contributed by atoms with Gasteiger partial charge >= 0.3 is 0 Å². The zero-order valence-electron chi connectivity index (χ0n) is 14.9. The minimum atomic E-state index is -0.428. The van der Waals surface area contributed by atoms with Gasteiger partial charge in [-0.1, -0.05) is 23.7 Å². The lowest BCUT2D eigenvalue weighted by Crippen LogP contribution is -2.45. The maximum atomic E-state index is 12.4. The molecular weight excluding hydrogens is 368 g/mol. The van der Waals surface area contributed by atoms with Crippen molar-refractivity contribution < 1.29 is 14.3 Å². The predicted octanol–water partition coefficient (Wildman–Crippen LogP) is 2.40. The quantitative estimate of drug-likeness (QED) is 0.866. The molecule has 0 bridgehead atoms. The summed E-state index contributed by atoms with van der Waals surface area (Å²) in [6, 6.07) is 9.08. The largest absolute Gasteiger partial charge is 0.356 e. The Bertz CT molecular complexity index is 799. The molecule has 1 aromatic carbocycles. The van der Waals surface area contributed by atoms with E-state index in [0.717, 1.165) is 37.3 Å². The molecule has 0 radical (unpaired) electrons. The number of nitrogens with one attached hydrogen (secondary N) is 1. The Kier molecular flexibility index (Phi) is 5.24. The number of rotatable bonds is 4. The minimum Gasteiger partial charge on any atom is -0.356 e. The van der Waals surface area contributed by atoms with Gasteiger partial charge in [0, 0.05) is 43.6 Å². The van der Waals surface area contributed by atoms with Crippen molar-refractivity contribution in [2.45, 2.75) is 25.2 Å². The first kappa shape index (κ1) is 18.2. The van der Waals surface area contributed by atoms with Crippen molar-refractivity contribution in [1.82, 2.24) is 15.3 Å². The second kappa shape index (κ2) is 7.80. The van der Waals surface area contributed by atoms with Gasteiger partial charge in [0.15, 0.2) is 5.79 Å². The fourth-order valence-electron chi connectivity index (χ4n) is 3.38. The smallest absolute Gasteiger partial charge is 0.270 e. The number of piperidine rings is 1. The molecule has 2 saturated heterocycles. The number of aromatic nitrogens is 2. The van der Waals surface area contributed by atoms with Gasteiger partial charge < -0.3 is 19.7 Å². The molecule has 0 atom stereocenters. The van der Waals surface area contributed by atoms with Crippen LogP contribution in [0.5, 0.6) is 0 Å². The average molecular weight is 389 g/mol. The molecule has 1 N–H and O–H groups in total. The second-order valence-corrected chi connectivity index (χ2v) is 7.10. The third-order valence-electron chi connectivity index (χ3n) is 4.91. The maximum Gasteiger partial charge on any atom is 0.270 e. The molecule has 2 aliphatic rings. The molecule has 1 amide bonds. The zero-order chi connectivity index (χ0) is 18.7. The van der Waals surface area contributed by atoms with Gasteiger partial charge in [-0.25, -0.2) is 9.97 Å². The summed E-state index contributed by atoms with van der Waals surface area (Å²) in [5.74, 6) is 0.0847. The van der Waals surface area contributed by atoms with E-state index in [4.69, 9.17) is 21.1 Å². The van der Waals surface area contributed by atoms with Crippen molar-refractivity contribution in [3.8, 4) is 0 Å². The van der Waals surface area contributed by atoms with Crippen LogP contribution in [0, 0.1) is 0 Å². The summed E-state index contributed by atoms with van der Waals surface area (Å²) in [6.07, 6.45) is 3.00. The summed E-state index contributed by atoms with van der Waals surface area (Å²) in [6.45, 7) is 3.26. The third-order valence-corrected chi connectivity index (χ3v) is 5.17. The lowest BCUT2D eigenvalue weighted by atomic mass is 10.0. The molecule has 1 spiro atoms. The summed E-state index contributed by atoms with van der Waals surface area (Å²) < 4.78 is 11.5. The summed E-state index contributed by atoms with van der Waals surface area (Å²) in [5, 5.41) is 3.54. The van der Waals surface area contributed by atoms with Gasteiger partial charge in [-0.3, -0.25) is 4.79 Å². The lowest BCUT2D eigenvalue weighted by molar-refractivity contribution is -0.169. The number of anilines is 1. The Hall–Kier alpha value is -2.22. The maximum absolute atomic E-state index is 12.4. The molecule has 2 fully saturated rings. The van der Waals surface area contributed by atoms with Crippen LogP contribution >= 0.6 is 11.6 Å². The fourth-order valence-corrected chi connectivity index (χ4v) is 3.51. The number of halogens is 1. The van der Waals surface area contributed by atoms with E-state index in [1.807, 2.05) is 12.1 Å². The molecule has 142 valence electrons. The van der Waals surface area contributed by atoms with Crippen molar-refractivity contribution in [1.29, 1.82) is 0 Å². The van der Waals surface area contributed by atoms with Crippen molar-refractivity contribution in [3.63, 3.8) is 0 Å². The Labute approximate surface area is 162 Å². The molecule has 27 heavy (non-hydrogen) atoms. The summed E-state index contributed by atoms with van der Waals surface area (Å²) in [7, 11) is 0. The molecule has 2 aromatic rings. The monoisotopic (exact) mass is 388 g/mol.